The first-order valence-electron chi connectivity index (χ1n) is 7.26. The molecule has 0 bridgehead atoms. The van der Waals surface area contributed by atoms with E-state index in [0.717, 1.165) is 0 Å². The average molecular weight is 341 g/mol. The number of aromatic nitrogens is 1. The number of benzene rings is 1. The van der Waals surface area contributed by atoms with Crippen LogP contribution < -0.4 is 10.6 Å². The van der Waals surface area contributed by atoms with E-state index in [4.69, 9.17) is 0 Å². The Morgan fingerprint density at radius 2 is 2.12 bits per heavy atom. The highest BCUT2D eigenvalue weighted by molar-refractivity contribution is 5.97. The number of hydrogen-bond donors (Lipinski definition) is 2. The fourth-order valence-electron chi connectivity index (χ4n) is 2.60. The summed E-state index contributed by atoms with van der Waals surface area (Å²) in [5, 5.41) is 5.56. The summed E-state index contributed by atoms with van der Waals surface area (Å²) < 4.78 is 42.4. The van der Waals surface area contributed by atoms with Crippen molar-refractivity contribution in [3.05, 3.63) is 24.1 Å². The molecule has 0 radical (unpaired) electrons. The molecule has 3 rings (SSSR count). The van der Waals surface area contributed by atoms with Gasteiger partial charge in [-0.15, -0.1) is 0 Å². The molecule has 1 aliphatic rings. The Labute approximate surface area is 134 Å². The van der Waals surface area contributed by atoms with E-state index in [-0.39, 0.29) is 28.7 Å². The first-order valence-corrected chi connectivity index (χ1v) is 7.26. The molecule has 24 heavy (non-hydrogen) atoms. The summed E-state index contributed by atoms with van der Waals surface area (Å²) in [4.78, 5) is 26.9. The standard InChI is InChI=1S/C15H14F3N3O3/c1-7(22)8-4-11(19-6-8)13(23)20-9-2-3-12-10(5-9)21-14(24-12)15(16,17)18/h2-3,5,8,11,19H,4,6H2,1H3,(H,20,23). The Morgan fingerprint density at radius 1 is 1.38 bits per heavy atom. The molecule has 0 saturated carbocycles. The van der Waals surface area contributed by atoms with Crippen molar-refractivity contribution >= 4 is 28.5 Å². The van der Waals surface area contributed by atoms with E-state index >= 15 is 0 Å². The molecule has 2 aromatic rings. The number of hydrogen-bond acceptors (Lipinski definition) is 5. The molecule has 0 aliphatic carbocycles. The van der Waals surface area contributed by atoms with Gasteiger partial charge < -0.3 is 15.1 Å². The molecular formula is C15H14F3N3O3. The van der Waals surface area contributed by atoms with E-state index in [0.29, 0.717) is 18.7 Å². The van der Waals surface area contributed by atoms with Crippen molar-refractivity contribution in [3.63, 3.8) is 0 Å². The molecule has 1 saturated heterocycles. The smallest absolute Gasteiger partial charge is 0.433 e. The van der Waals surface area contributed by atoms with Crippen LogP contribution in [0.15, 0.2) is 22.6 Å². The minimum absolute atomic E-state index is 0.00104. The summed E-state index contributed by atoms with van der Waals surface area (Å²) in [6, 6.07) is 3.54. The third kappa shape index (κ3) is 3.25. The molecular weight excluding hydrogens is 327 g/mol. The molecule has 1 amide bonds. The largest absolute Gasteiger partial charge is 0.468 e. The predicted molar refractivity (Wildman–Crippen MR) is 78.2 cm³/mol. The monoisotopic (exact) mass is 341 g/mol. The number of oxazole rings is 1. The zero-order valence-corrected chi connectivity index (χ0v) is 12.6. The maximum Gasteiger partial charge on any atom is 0.468 e. The van der Waals surface area contributed by atoms with Crippen molar-refractivity contribution in [2.45, 2.75) is 25.6 Å². The third-order valence-corrected chi connectivity index (χ3v) is 3.92. The van der Waals surface area contributed by atoms with Crippen molar-refractivity contribution in [2.75, 3.05) is 11.9 Å². The Balaban J connectivity index is 1.73. The second-order valence-electron chi connectivity index (χ2n) is 5.69. The second kappa shape index (κ2) is 5.90. The molecule has 1 aromatic heterocycles. The maximum atomic E-state index is 12.6. The van der Waals surface area contributed by atoms with Gasteiger partial charge in [-0.25, -0.2) is 4.98 Å². The molecule has 2 unspecified atom stereocenters. The van der Waals surface area contributed by atoms with Gasteiger partial charge in [-0.2, -0.15) is 13.2 Å². The molecule has 2 atom stereocenters. The van der Waals surface area contributed by atoms with Gasteiger partial charge in [0.05, 0.1) is 6.04 Å². The molecule has 1 aliphatic heterocycles. The summed E-state index contributed by atoms with van der Waals surface area (Å²) in [6.07, 6.45) is -4.27. The lowest BCUT2D eigenvalue weighted by Gasteiger charge is -2.11. The van der Waals surface area contributed by atoms with Gasteiger partial charge in [0, 0.05) is 18.2 Å². The van der Waals surface area contributed by atoms with Crippen LogP contribution in [-0.4, -0.2) is 29.3 Å². The van der Waals surface area contributed by atoms with Crippen LogP contribution in [0.3, 0.4) is 0 Å². The number of ketones is 1. The number of fused-ring (bicyclic) bond motifs is 1. The van der Waals surface area contributed by atoms with Crippen LogP contribution in [0.2, 0.25) is 0 Å². The SMILES string of the molecule is CC(=O)C1CNC(C(=O)Nc2ccc3oc(C(F)(F)F)nc3c2)C1. The Morgan fingerprint density at radius 3 is 2.75 bits per heavy atom. The normalized spacial score (nSPS) is 21.2. The summed E-state index contributed by atoms with van der Waals surface area (Å²) in [7, 11) is 0. The van der Waals surface area contributed by atoms with Crippen LogP contribution in [0.25, 0.3) is 11.1 Å². The number of carbonyl (C=O) groups is 2. The van der Waals surface area contributed by atoms with Crippen molar-refractivity contribution < 1.29 is 27.2 Å². The first-order chi connectivity index (χ1) is 11.2. The van der Waals surface area contributed by atoms with E-state index in [9.17, 15) is 22.8 Å². The van der Waals surface area contributed by atoms with Crippen molar-refractivity contribution in [1.29, 1.82) is 0 Å². The van der Waals surface area contributed by atoms with Gasteiger partial charge in [-0.3, -0.25) is 9.59 Å². The highest BCUT2D eigenvalue weighted by Crippen LogP contribution is 2.32. The van der Waals surface area contributed by atoms with Crippen LogP contribution in [0.1, 0.15) is 19.2 Å². The molecule has 0 spiro atoms. The number of rotatable bonds is 3. The van der Waals surface area contributed by atoms with E-state index in [1.165, 1.54) is 25.1 Å². The minimum Gasteiger partial charge on any atom is -0.433 e. The number of alkyl halides is 3. The fourth-order valence-corrected chi connectivity index (χ4v) is 2.60. The van der Waals surface area contributed by atoms with Gasteiger partial charge in [-0.1, -0.05) is 0 Å². The Hall–Kier alpha value is -2.42. The van der Waals surface area contributed by atoms with E-state index in [1.54, 1.807) is 0 Å². The average Bonchev–Trinajstić information content (AvgIpc) is 3.13. The van der Waals surface area contributed by atoms with Crippen molar-refractivity contribution in [1.82, 2.24) is 10.3 Å². The molecule has 2 N–H and O–H groups in total. The Kier molecular flexibility index (Phi) is 4.04. The van der Waals surface area contributed by atoms with E-state index in [1.807, 2.05) is 0 Å². The zero-order valence-electron chi connectivity index (χ0n) is 12.6. The first kappa shape index (κ1) is 16.4. The number of Topliss-reactive ketones (excluding diaryl/α,β-unsaturated/α-hetero) is 1. The fraction of sp³-hybridized carbons (Fsp3) is 0.400. The summed E-state index contributed by atoms with van der Waals surface area (Å²) in [5.41, 5.74) is 0.291. The number of anilines is 1. The highest BCUT2D eigenvalue weighted by Gasteiger charge is 2.37. The van der Waals surface area contributed by atoms with Crippen LogP contribution in [-0.2, 0) is 15.8 Å². The third-order valence-electron chi connectivity index (χ3n) is 3.92. The van der Waals surface area contributed by atoms with Gasteiger partial charge in [0.1, 0.15) is 11.3 Å². The quantitative estimate of drug-likeness (QED) is 0.895. The summed E-state index contributed by atoms with van der Waals surface area (Å²) in [6.45, 7) is 1.91. The van der Waals surface area contributed by atoms with Crippen molar-refractivity contribution in [3.8, 4) is 0 Å². The van der Waals surface area contributed by atoms with Gasteiger partial charge in [0.15, 0.2) is 5.58 Å². The second-order valence-corrected chi connectivity index (χ2v) is 5.69. The molecule has 1 aromatic carbocycles. The lowest BCUT2D eigenvalue weighted by molar-refractivity contribution is -0.156. The lowest BCUT2D eigenvalue weighted by Crippen LogP contribution is -2.35. The van der Waals surface area contributed by atoms with Crippen LogP contribution in [0.5, 0.6) is 0 Å². The number of halogens is 3. The molecule has 6 nitrogen and oxygen atoms in total. The topological polar surface area (TPSA) is 84.2 Å². The van der Waals surface area contributed by atoms with Crippen LogP contribution in [0.4, 0.5) is 18.9 Å². The summed E-state index contributed by atoms with van der Waals surface area (Å²) >= 11 is 0. The summed E-state index contributed by atoms with van der Waals surface area (Å²) in [5.74, 6) is -1.87. The van der Waals surface area contributed by atoms with Gasteiger partial charge >= 0.3 is 12.1 Å². The highest BCUT2D eigenvalue weighted by atomic mass is 19.4. The van der Waals surface area contributed by atoms with Gasteiger partial charge in [-0.05, 0) is 31.5 Å². The zero-order chi connectivity index (χ0) is 17.5. The van der Waals surface area contributed by atoms with Crippen molar-refractivity contribution in [2.24, 2.45) is 5.92 Å². The predicted octanol–water partition coefficient (Wildman–Crippen LogP) is 2.35. The van der Waals surface area contributed by atoms with E-state index in [2.05, 4.69) is 20.0 Å². The molecule has 2 heterocycles. The number of carbonyl (C=O) groups excluding carboxylic acids is 2. The Bertz CT molecular complexity index is 800. The minimum atomic E-state index is -4.67. The molecule has 1 fully saturated rings. The van der Waals surface area contributed by atoms with Crippen LogP contribution in [0, 0.1) is 5.92 Å². The van der Waals surface area contributed by atoms with Gasteiger partial charge in [0.25, 0.3) is 0 Å². The number of nitrogens with zero attached hydrogens (tertiary/aromatic N) is 1. The van der Waals surface area contributed by atoms with E-state index < -0.39 is 18.1 Å². The molecule has 9 heteroatoms. The van der Waals surface area contributed by atoms with Crippen LogP contribution >= 0.6 is 0 Å². The maximum absolute atomic E-state index is 12.6. The van der Waals surface area contributed by atoms with Gasteiger partial charge in [0.2, 0.25) is 5.91 Å². The number of amides is 1. The lowest BCUT2D eigenvalue weighted by atomic mass is 10.0. The molecule has 128 valence electrons. The number of nitrogens with one attached hydrogen (secondary N) is 2.